The smallest absolute Gasteiger partial charge is 0.251 e. The number of hydrogen-bond acceptors (Lipinski definition) is 6. The molecule has 146 valence electrons. The zero-order valence-corrected chi connectivity index (χ0v) is 16.5. The fraction of sp³-hybridized carbons (Fsp3) is 0.444. The van der Waals surface area contributed by atoms with Crippen LogP contribution >= 0.6 is 0 Å². The lowest BCUT2D eigenvalue weighted by atomic mass is 10.1. The molecule has 0 unspecified atom stereocenters. The lowest BCUT2D eigenvalue weighted by Gasteiger charge is -2.33. The molecule has 1 N–H and O–H groups in total. The molecule has 1 aliphatic heterocycles. The molecule has 27 heavy (non-hydrogen) atoms. The van der Waals surface area contributed by atoms with E-state index in [0.717, 1.165) is 5.56 Å². The fourth-order valence-corrected chi connectivity index (χ4v) is 4.98. The van der Waals surface area contributed by atoms with Crippen LogP contribution in [0.4, 0.5) is 0 Å². The van der Waals surface area contributed by atoms with Crippen molar-refractivity contribution in [2.45, 2.75) is 25.3 Å². The van der Waals surface area contributed by atoms with Crippen molar-refractivity contribution < 1.29 is 17.7 Å². The molecule has 3 rings (SSSR count). The van der Waals surface area contributed by atoms with Crippen LogP contribution in [0.15, 0.2) is 33.7 Å². The van der Waals surface area contributed by atoms with Crippen LogP contribution in [0.3, 0.4) is 0 Å². The summed E-state index contributed by atoms with van der Waals surface area (Å²) in [6, 6.07) is 7.45. The minimum atomic E-state index is -3.59. The average Bonchev–Trinajstić information content (AvgIpc) is 3.01. The van der Waals surface area contributed by atoms with Crippen molar-refractivity contribution in [2.75, 3.05) is 33.2 Å². The highest BCUT2D eigenvalue weighted by Gasteiger charge is 2.33. The van der Waals surface area contributed by atoms with E-state index >= 15 is 0 Å². The average molecular weight is 392 g/mol. The van der Waals surface area contributed by atoms with E-state index in [1.54, 1.807) is 33.0 Å². The Hall–Kier alpha value is -2.23. The van der Waals surface area contributed by atoms with Crippen LogP contribution in [0.25, 0.3) is 0 Å². The number of benzene rings is 1. The quantitative estimate of drug-likeness (QED) is 0.820. The van der Waals surface area contributed by atoms with Crippen LogP contribution in [0.2, 0.25) is 0 Å². The number of carbonyl (C=O) groups excluding carboxylic acids is 1. The van der Waals surface area contributed by atoms with Crippen LogP contribution in [-0.2, 0) is 16.6 Å². The van der Waals surface area contributed by atoms with Crippen molar-refractivity contribution in [1.29, 1.82) is 0 Å². The molecule has 0 atom stereocenters. The first-order chi connectivity index (χ1) is 12.8. The molecule has 1 fully saturated rings. The molecule has 1 saturated heterocycles. The Balaban J connectivity index is 1.61. The predicted molar refractivity (Wildman–Crippen MR) is 99.8 cm³/mol. The molecule has 2 aromatic rings. The second-order valence-corrected chi connectivity index (χ2v) is 8.48. The van der Waals surface area contributed by atoms with E-state index in [4.69, 9.17) is 4.52 Å². The summed E-state index contributed by atoms with van der Waals surface area (Å²) in [5.74, 6) is 0.214. The van der Waals surface area contributed by atoms with Crippen molar-refractivity contribution in [3.63, 3.8) is 0 Å². The molecular formula is C18H24N4O4S. The van der Waals surface area contributed by atoms with Gasteiger partial charge in [-0.15, -0.1) is 0 Å². The highest BCUT2D eigenvalue weighted by molar-refractivity contribution is 7.89. The number of carbonyl (C=O) groups is 1. The Bertz CT molecular complexity index is 894. The number of nitrogens with zero attached hydrogens (tertiary/aromatic N) is 3. The third-order valence-corrected chi connectivity index (χ3v) is 6.89. The van der Waals surface area contributed by atoms with Crippen molar-refractivity contribution in [3.8, 4) is 0 Å². The second kappa shape index (κ2) is 7.79. The van der Waals surface area contributed by atoms with E-state index in [0.29, 0.717) is 49.7 Å². The highest BCUT2D eigenvalue weighted by atomic mass is 32.2. The van der Waals surface area contributed by atoms with Gasteiger partial charge >= 0.3 is 0 Å². The molecular weight excluding hydrogens is 368 g/mol. The Morgan fingerprint density at radius 2 is 1.78 bits per heavy atom. The Morgan fingerprint density at radius 3 is 2.30 bits per heavy atom. The first-order valence-corrected chi connectivity index (χ1v) is 10.2. The molecule has 1 amide bonds. The minimum absolute atomic E-state index is 0.111. The number of nitrogens with one attached hydrogen (secondary N) is 1. The van der Waals surface area contributed by atoms with Crippen molar-refractivity contribution >= 4 is 15.9 Å². The first-order valence-electron chi connectivity index (χ1n) is 8.79. The molecule has 0 saturated carbocycles. The molecule has 0 spiro atoms. The lowest BCUT2D eigenvalue weighted by Crippen LogP contribution is -2.48. The maximum Gasteiger partial charge on any atom is 0.251 e. The largest absolute Gasteiger partial charge is 0.360 e. The van der Waals surface area contributed by atoms with Crippen molar-refractivity contribution in [2.24, 2.45) is 0 Å². The zero-order chi connectivity index (χ0) is 19.6. The summed E-state index contributed by atoms with van der Waals surface area (Å²) < 4.78 is 32.2. The first kappa shape index (κ1) is 19.5. The van der Waals surface area contributed by atoms with Crippen LogP contribution in [0, 0.1) is 13.8 Å². The van der Waals surface area contributed by atoms with E-state index < -0.39 is 10.0 Å². The molecule has 0 radical (unpaired) electrons. The van der Waals surface area contributed by atoms with Gasteiger partial charge in [0.15, 0.2) is 5.76 Å². The topological polar surface area (TPSA) is 95.8 Å². The third-order valence-electron chi connectivity index (χ3n) is 4.75. The Kier molecular flexibility index (Phi) is 5.64. The van der Waals surface area contributed by atoms with Gasteiger partial charge in [-0.3, -0.25) is 9.69 Å². The predicted octanol–water partition coefficient (Wildman–Crippen LogP) is 1.16. The molecule has 2 heterocycles. The van der Waals surface area contributed by atoms with Gasteiger partial charge in [0, 0.05) is 45.3 Å². The van der Waals surface area contributed by atoms with E-state index in [1.165, 1.54) is 4.31 Å². The SMILES string of the molecule is CNC(=O)c1ccc(CN2CCN(S(=O)(=O)c3c(C)noc3C)CC2)cc1. The van der Waals surface area contributed by atoms with E-state index in [9.17, 15) is 13.2 Å². The number of piperazine rings is 1. The van der Waals surface area contributed by atoms with Gasteiger partial charge in [-0.1, -0.05) is 17.3 Å². The number of rotatable bonds is 5. The Labute approximate surface area is 159 Å². The van der Waals surface area contributed by atoms with Crippen molar-refractivity contribution in [1.82, 2.24) is 19.7 Å². The summed E-state index contributed by atoms with van der Waals surface area (Å²) >= 11 is 0. The van der Waals surface area contributed by atoms with Gasteiger partial charge in [0.05, 0.1) is 0 Å². The van der Waals surface area contributed by atoms with Crippen LogP contribution in [0.5, 0.6) is 0 Å². The summed E-state index contributed by atoms with van der Waals surface area (Å²) in [6.45, 7) is 6.09. The van der Waals surface area contributed by atoms with Gasteiger partial charge in [-0.25, -0.2) is 8.42 Å². The number of hydrogen-bond donors (Lipinski definition) is 1. The third kappa shape index (κ3) is 4.05. The van der Waals surface area contributed by atoms with E-state index in [2.05, 4.69) is 15.4 Å². The monoisotopic (exact) mass is 392 g/mol. The van der Waals surface area contributed by atoms with Gasteiger partial charge < -0.3 is 9.84 Å². The van der Waals surface area contributed by atoms with Gasteiger partial charge in [0.1, 0.15) is 10.6 Å². The Morgan fingerprint density at radius 1 is 1.15 bits per heavy atom. The molecule has 1 aliphatic rings. The summed E-state index contributed by atoms with van der Waals surface area (Å²) in [4.78, 5) is 14.0. The van der Waals surface area contributed by atoms with Gasteiger partial charge in [0.25, 0.3) is 5.91 Å². The number of amides is 1. The molecule has 0 aliphatic carbocycles. The van der Waals surface area contributed by atoms with Gasteiger partial charge in [-0.05, 0) is 31.5 Å². The summed E-state index contributed by atoms with van der Waals surface area (Å²) in [6.07, 6.45) is 0. The zero-order valence-electron chi connectivity index (χ0n) is 15.7. The van der Waals surface area contributed by atoms with E-state index in [-0.39, 0.29) is 10.8 Å². The van der Waals surface area contributed by atoms with Gasteiger partial charge in [-0.2, -0.15) is 4.31 Å². The maximum atomic E-state index is 12.9. The van der Waals surface area contributed by atoms with E-state index in [1.807, 2.05) is 12.1 Å². The summed E-state index contributed by atoms with van der Waals surface area (Å²) in [5, 5.41) is 6.35. The second-order valence-electron chi connectivity index (χ2n) is 6.61. The summed E-state index contributed by atoms with van der Waals surface area (Å²) in [5.41, 5.74) is 2.10. The minimum Gasteiger partial charge on any atom is -0.360 e. The normalized spacial score (nSPS) is 16.4. The standard InChI is InChI=1S/C18H24N4O4S/c1-13-17(14(2)26-20-13)27(24,25)22-10-8-21(9-11-22)12-15-4-6-16(7-5-15)18(23)19-3/h4-7H,8-12H2,1-3H3,(H,19,23). The van der Waals surface area contributed by atoms with Crippen LogP contribution in [0.1, 0.15) is 27.4 Å². The molecule has 0 bridgehead atoms. The lowest BCUT2D eigenvalue weighted by molar-refractivity contribution is 0.0963. The molecule has 9 heteroatoms. The van der Waals surface area contributed by atoms with Crippen LogP contribution < -0.4 is 5.32 Å². The number of sulfonamides is 1. The summed E-state index contributed by atoms with van der Waals surface area (Å²) in [7, 11) is -1.98. The number of aromatic nitrogens is 1. The molecule has 1 aromatic carbocycles. The molecule has 1 aromatic heterocycles. The maximum absolute atomic E-state index is 12.9. The molecule has 8 nitrogen and oxygen atoms in total. The fourth-order valence-electron chi connectivity index (χ4n) is 3.26. The van der Waals surface area contributed by atoms with Gasteiger partial charge in [0.2, 0.25) is 10.0 Å². The van der Waals surface area contributed by atoms with Crippen LogP contribution in [-0.4, -0.2) is 61.9 Å². The highest BCUT2D eigenvalue weighted by Crippen LogP contribution is 2.24. The number of aryl methyl sites for hydroxylation is 2. The van der Waals surface area contributed by atoms with Crippen molar-refractivity contribution in [3.05, 3.63) is 46.8 Å².